The maximum atomic E-state index is 16.3. The molecule has 0 unspecified atom stereocenters. The SMILES string of the molecule is Cc1sc2c(c1C)C(c1ccc(Cl)cc1)=N[C@H](CC(=O)NCCCCOCCOCCNC(=O)C1(F)C[N+](=C3C=CC4=C(c5cc(C(=O)NCCOCCOCCCCCCCl)ccc5C(=O)[O-])c5ccc(N6CC(F)C6)cc5[Si](C)(C)C4=C3)C1)c1nnc(C)n1-2. The van der Waals surface area contributed by atoms with Crippen LogP contribution in [0.5, 0.6) is 0 Å². The monoisotopic (exact) mass is 1320 g/mol. The molecule has 0 spiro atoms. The minimum absolute atomic E-state index is 0.0910. The smallest absolute Gasteiger partial charge is 0.302 e. The van der Waals surface area contributed by atoms with Crippen LogP contribution in [0.1, 0.15) is 116 Å². The van der Waals surface area contributed by atoms with Gasteiger partial charge in [0.2, 0.25) is 5.91 Å². The molecular weight excluding hydrogens is 1240 g/mol. The van der Waals surface area contributed by atoms with Crippen LogP contribution in [0.4, 0.5) is 14.5 Å². The van der Waals surface area contributed by atoms with Gasteiger partial charge in [0.25, 0.3) is 11.8 Å². The largest absolute Gasteiger partial charge is 0.545 e. The van der Waals surface area contributed by atoms with Crippen LogP contribution in [0, 0.1) is 20.8 Å². The number of aryl methyl sites for hydroxylation is 2. The van der Waals surface area contributed by atoms with Crippen LogP contribution in [0.3, 0.4) is 0 Å². The van der Waals surface area contributed by atoms with Crippen molar-refractivity contribution in [3.63, 3.8) is 0 Å². The molecule has 0 radical (unpaired) electrons. The van der Waals surface area contributed by atoms with E-state index in [4.69, 9.17) is 47.1 Å². The fraction of sp³-hybridized carbons (Fsp3) is 0.463. The first-order valence-corrected chi connectivity index (χ1v) is 36.0. The van der Waals surface area contributed by atoms with E-state index in [0.717, 1.165) is 91.0 Å². The van der Waals surface area contributed by atoms with Crippen LogP contribution < -0.4 is 31.1 Å². The number of hydrogen-bond donors (Lipinski definition) is 3. The second kappa shape index (κ2) is 30.3. The van der Waals surface area contributed by atoms with E-state index in [1.807, 2.05) is 75.6 Å². The van der Waals surface area contributed by atoms with Crippen LogP contribution in [0.2, 0.25) is 18.1 Å². The number of rotatable bonds is 31. The lowest BCUT2D eigenvalue weighted by molar-refractivity contribution is -0.612. The average molecular weight is 1320 g/mol. The Bertz CT molecular complexity index is 3680. The van der Waals surface area contributed by atoms with Gasteiger partial charge >= 0.3 is 5.67 Å². The van der Waals surface area contributed by atoms with Crippen LogP contribution >= 0.6 is 34.5 Å². The highest BCUT2D eigenvalue weighted by Crippen LogP contribution is 2.44. The van der Waals surface area contributed by atoms with E-state index >= 15 is 4.39 Å². The number of ether oxygens (including phenoxy) is 4. The van der Waals surface area contributed by atoms with Crippen LogP contribution in [0.25, 0.3) is 10.6 Å². The molecule has 3 amide bonds. The second-order valence-corrected chi connectivity index (χ2v) is 30.4. The van der Waals surface area contributed by atoms with E-state index in [0.29, 0.717) is 86.0 Å². The predicted octanol–water partition coefficient (Wildman–Crippen LogP) is 7.96. The van der Waals surface area contributed by atoms with Gasteiger partial charge in [-0.25, -0.2) is 13.4 Å². The van der Waals surface area contributed by atoms with Crippen molar-refractivity contribution in [1.82, 2.24) is 30.7 Å². The number of anilines is 1. The molecule has 1 atom stereocenters. The molecule has 2 saturated heterocycles. The Balaban J connectivity index is 0.691. The van der Waals surface area contributed by atoms with Crippen molar-refractivity contribution in [1.29, 1.82) is 0 Å². The summed E-state index contributed by atoms with van der Waals surface area (Å²) in [5.41, 5.74) is 5.82. The number of carboxylic acids is 1. The Morgan fingerprint density at radius 2 is 1.47 bits per heavy atom. The maximum Gasteiger partial charge on any atom is 0.302 e. The number of aromatic carboxylic acids is 1. The van der Waals surface area contributed by atoms with E-state index in [1.54, 1.807) is 17.4 Å². The van der Waals surface area contributed by atoms with Crippen molar-refractivity contribution in [2.75, 3.05) is 109 Å². The normalized spacial score (nSPS) is 18.1. The molecule has 2 fully saturated rings. The van der Waals surface area contributed by atoms with Crippen molar-refractivity contribution in [2.24, 2.45) is 4.99 Å². The summed E-state index contributed by atoms with van der Waals surface area (Å²) in [4.78, 5) is 61.6. The van der Waals surface area contributed by atoms with Gasteiger partial charge < -0.3 is 49.7 Å². The zero-order valence-electron chi connectivity index (χ0n) is 52.2. The van der Waals surface area contributed by atoms with Gasteiger partial charge in [0.15, 0.2) is 24.6 Å². The fourth-order valence-corrected chi connectivity index (χ4v) is 16.7. The summed E-state index contributed by atoms with van der Waals surface area (Å²) in [5, 5.41) is 34.0. The summed E-state index contributed by atoms with van der Waals surface area (Å²) >= 11 is 13.7. The Morgan fingerprint density at radius 1 is 0.791 bits per heavy atom. The maximum absolute atomic E-state index is 16.3. The summed E-state index contributed by atoms with van der Waals surface area (Å²) in [6.07, 6.45) is 10.4. The van der Waals surface area contributed by atoms with Gasteiger partial charge in [-0.15, -0.1) is 33.1 Å². The molecule has 1 aliphatic carbocycles. The van der Waals surface area contributed by atoms with Crippen molar-refractivity contribution in [3.8, 4) is 5.00 Å². The zero-order valence-corrected chi connectivity index (χ0v) is 55.5. The number of unbranched alkanes of at least 4 members (excludes halogenated alkanes) is 4. The Kier molecular flexibility index (Phi) is 22.4. The number of fused-ring (bicyclic) bond motifs is 5. The highest BCUT2D eigenvalue weighted by Gasteiger charge is 2.57. The number of aliphatic imine (C=N–C) groups is 1. The first-order valence-electron chi connectivity index (χ1n) is 31.3. The third-order valence-corrected chi connectivity index (χ3v) is 22.5. The molecule has 2 aromatic heterocycles. The van der Waals surface area contributed by atoms with E-state index in [9.17, 15) is 28.7 Å². The lowest BCUT2D eigenvalue weighted by Gasteiger charge is -2.41. The van der Waals surface area contributed by atoms with Crippen molar-refractivity contribution >= 4 is 94.2 Å². The van der Waals surface area contributed by atoms with Gasteiger partial charge in [-0.2, -0.15) is 0 Å². The lowest BCUT2D eigenvalue weighted by Crippen LogP contribution is -2.63. The molecule has 91 heavy (non-hydrogen) atoms. The summed E-state index contributed by atoms with van der Waals surface area (Å²) in [6.45, 7) is 14.3. The number of amides is 3. The molecule has 0 saturated carbocycles. The average Bonchev–Trinajstić information content (AvgIpc) is 1.11. The van der Waals surface area contributed by atoms with Gasteiger partial charge in [-0.3, -0.25) is 23.9 Å². The van der Waals surface area contributed by atoms with Gasteiger partial charge in [0.1, 0.15) is 31.1 Å². The predicted molar refractivity (Wildman–Crippen MR) is 351 cm³/mol. The second-order valence-electron chi connectivity index (χ2n) is 24.1. The highest BCUT2D eigenvalue weighted by atomic mass is 35.5. The number of halogens is 4. The third kappa shape index (κ3) is 15.5. The van der Waals surface area contributed by atoms with Crippen molar-refractivity contribution in [3.05, 3.63) is 150 Å². The number of aromatic nitrogens is 3. The van der Waals surface area contributed by atoms with Gasteiger partial charge in [0, 0.05) is 88.7 Å². The summed E-state index contributed by atoms with van der Waals surface area (Å²) < 4.78 is 57.1. The number of alkyl halides is 3. The van der Waals surface area contributed by atoms with E-state index < -0.39 is 43.7 Å². The Morgan fingerprint density at radius 3 is 2.16 bits per heavy atom. The van der Waals surface area contributed by atoms with Crippen LogP contribution in [0.15, 0.2) is 94.7 Å². The van der Waals surface area contributed by atoms with Crippen molar-refractivity contribution in [2.45, 2.75) is 96.7 Å². The molecule has 484 valence electrons. The zero-order chi connectivity index (χ0) is 64.4. The fourth-order valence-electron chi connectivity index (χ4n) is 12.1. The first kappa shape index (κ1) is 67.1. The summed E-state index contributed by atoms with van der Waals surface area (Å²) in [6, 6.07) is 17.4. The molecule has 5 aliphatic rings. The molecule has 18 nitrogen and oxygen atoms in total. The number of carbonyl (C=O) groups excluding carboxylic acids is 4. The quantitative estimate of drug-likeness (QED) is 0.0167. The number of carboxylic acid groups (broad SMARTS) is 1. The Labute approximate surface area is 544 Å². The molecule has 10 rings (SSSR count). The van der Waals surface area contributed by atoms with E-state index in [2.05, 4.69) is 59.2 Å². The molecule has 5 aromatic rings. The first-order chi connectivity index (χ1) is 43.9. The van der Waals surface area contributed by atoms with E-state index in [-0.39, 0.29) is 82.5 Å². The number of allylic oxidation sites excluding steroid dienone is 5. The number of benzene rings is 3. The molecule has 3 aromatic carbocycles. The molecule has 0 bridgehead atoms. The number of carbonyl (C=O) groups is 4. The van der Waals surface area contributed by atoms with Gasteiger partial charge in [-0.05, 0) is 127 Å². The number of hydrogen-bond acceptors (Lipinski definition) is 14. The number of nitrogens with zero attached hydrogens (tertiary/aromatic N) is 6. The van der Waals surface area contributed by atoms with Gasteiger partial charge in [-0.1, -0.05) is 61.8 Å². The molecule has 4 aliphatic heterocycles. The topological polar surface area (TPSA) is 214 Å². The summed E-state index contributed by atoms with van der Waals surface area (Å²) in [5.74, 6) is -0.704. The number of nitrogens with one attached hydrogen (secondary N) is 3. The minimum atomic E-state index is -2.67. The molecule has 3 N–H and O–H groups in total. The van der Waals surface area contributed by atoms with Gasteiger partial charge in [0.05, 0.1) is 70.8 Å². The third-order valence-electron chi connectivity index (χ3n) is 17.3. The summed E-state index contributed by atoms with van der Waals surface area (Å²) in [7, 11) is -2.67. The Hall–Kier alpha value is -6.76. The van der Waals surface area contributed by atoms with Crippen LogP contribution in [-0.2, 0) is 28.5 Å². The van der Waals surface area contributed by atoms with Crippen molar-refractivity contribution < 1.29 is 56.6 Å². The standard InChI is InChI=1S/C67H79Cl2F2N9O9SSi/c1-42-43(2)90-64-59(42)61(45-12-15-47(69)16-13-45)75-55(62-77-76-44(3)80(62)64)37-58(81)72-23-9-11-27-87-31-33-89-29-25-74-66(85)67(71)40-79(41-67)50-18-21-53-57(36-50)91(4,5)56-35-49(78-38-48(70)39-78)17-20-52(56)60(53)54-34-46(14-19-51(54)65(83)84)63(82)73-24-28-88-32-30-86-26-10-7-6-8-22-68/h12-21,34-36,48,55H,6-11,22-33,37-41H2,1-5H3,(H3-,72,73,74,81,82,83,84,85)/t55-/m1/s1. The molecule has 6 heterocycles. The van der Waals surface area contributed by atoms with E-state index in [1.165, 1.54) is 12.1 Å². The molecular formula is C67H79Cl2F2N9O9SSi. The minimum Gasteiger partial charge on any atom is -0.545 e. The number of thiophene rings is 1. The highest BCUT2D eigenvalue weighted by molar-refractivity contribution is 7.15. The lowest BCUT2D eigenvalue weighted by atomic mass is 9.86. The molecule has 24 heteroatoms. The van der Waals surface area contributed by atoms with Crippen LogP contribution in [-0.4, -0.2) is 179 Å².